The van der Waals surface area contributed by atoms with Crippen molar-refractivity contribution in [3.8, 4) is 5.75 Å². The molecule has 6 heteroatoms. The Bertz CT molecular complexity index is 1220. The Labute approximate surface area is 199 Å². The summed E-state index contributed by atoms with van der Waals surface area (Å²) in [5, 5.41) is 0. The van der Waals surface area contributed by atoms with E-state index in [-0.39, 0.29) is 11.8 Å². The number of benzene rings is 3. The minimum atomic E-state index is -0.317. The first-order chi connectivity index (χ1) is 16.7. The van der Waals surface area contributed by atoms with Crippen LogP contribution in [0.3, 0.4) is 0 Å². The highest BCUT2D eigenvalue weighted by Crippen LogP contribution is 2.38. The molecule has 1 fully saturated rings. The second-order valence-corrected chi connectivity index (χ2v) is 8.46. The van der Waals surface area contributed by atoms with Crippen LogP contribution in [0.4, 0.5) is 5.69 Å². The van der Waals surface area contributed by atoms with Crippen molar-refractivity contribution in [2.24, 2.45) is 0 Å². The van der Waals surface area contributed by atoms with Gasteiger partial charge in [-0.15, -0.1) is 0 Å². The number of para-hydroxylation sites is 2. The number of hydrogen-bond donors (Lipinski definition) is 0. The predicted octanol–water partition coefficient (Wildman–Crippen LogP) is 3.80. The van der Waals surface area contributed by atoms with Crippen molar-refractivity contribution in [3.63, 3.8) is 0 Å². The second kappa shape index (κ2) is 9.53. The summed E-state index contributed by atoms with van der Waals surface area (Å²) in [4.78, 5) is 33.2. The normalized spacial score (nSPS) is 17.0. The van der Waals surface area contributed by atoms with Crippen LogP contribution in [0.25, 0.3) is 5.57 Å². The molecular weight excluding hydrogens is 426 g/mol. The largest absolute Gasteiger partial charge is 0.495 e. The van der Waals surface area contributed by atoms with Crippen molar-refractivity contribution in [2.45, 2.75) is 6.54 Å². The Morgan fingerprint density at radius 3 is 2.03 bits per heavy atom. The second-order valence-electron chi connectivity index (χ2n) is 8.46. The molecule has 1 saturated heterocycles. The maximum absolute atomic E-state index is 13.8. The lowest BCUT2D eigenvalue weighted by molar-refractivity contribution is -0.120. The highest BCUT2D eigenvalue weighted by molar-refractivity contribution is 6.45. The average Bonchev–Trinajstić information content (AvgIpc) is 3.15. The van der Waals surface area contributed by atoms with E-state index in [0.29, 0.717) is 35.8 Å². The van der Waals surface area contributed by atoms with E-state index in [1.807, 2.05) is 42.5 Å². The molecule has 0 unspecified atom stereocenters. The molecule has 6 nitrogen and oxygen atoms in total. The lowest BCUT2D eigenvalue weighted by Crippen LogP contribution is -2.47. The van der Waals surface area contributed by atoms with Crippen LogP contribution in [-0.4, -0.2) is 54.9 Å². The number of hydrogen-bond acceptors (Lipinski definition) is 5. The van der Waals surface area contributed by atoms with E-state index in [2.05, 4.69) is 34.1 Å². The zero-order chi connectivity index (χ0) is 23.5. The van der Waals surface area contributed by atoms with E-state index in [1.54, 1.807) is 25.3 Å². The molecule has 3 aromatic carbocycles. The lowest BCUT2D eigenvalue weighted by atomic mass is 10.0. The van der Waals surface area contributed by atoms with Gasteiger partial charge in [0.2, 0.25) is 0 Å². The lowest BCUT2D eigenvalue weighted by Gasteiger charge is -2.36. The van der Waals surface area contributed by atoms with Gasteiger partial charge in [0.25, 0.3) is 11.8 Å². The molecule has 0 saturated carbocycles. The minimum absolute atomic E-state index is 0.301. The molecular formula is C28H27N3O3. The van der Waals surface area contributed by atoms with E-state index in [1.165, 1.54) is 10.5 Å². The van der Waals surface area contributed by atoms with Crippen molar-refractivity contribution < 1.29 is 14.3 Å². The van der Waals surface area contributed by atoms with E-state index >= 15 is 0 Å². The third kappa shape index (κ3) is 4.08. The van der Waals surface area contributed by atoms with Gasteiger partial charge < -0.3 is 9.64 Å². The van der Waals surface area contributed by atoms with Gasteiger partial charge in [-0.2, -0.15) is 0 Å². The molecule has 2 aliphatic heterocycles. The van der Waals surface area contributed by atoms with Crippen LogP contribution < -0.4 is 9.64 Å². The van der Waals surface area contributed by atoms with Crippen LogP contribution in [0.2, 0.25) is 0 Å². The third-order valence-corrected chi connectivity index (χ3v) is 6.39. The topological polar surface area (TPSA) is 53.1 Å². The number of methoxy groups -OCH3 is 1. The van der Waals surface area contributed by atoms with Gasteiger partial charge in [-0.25, -0.2) is 4.90 Å². The van der Waals surface area contributed by atoms with Crippen LogP contribution in [0.1, 0.15) is 11.1 Å². The maximum Gasteiger partial charge on any atom is 0.282 e. The van der Waals surface area contributed by atoms with Crippen LogP contribution in [0.5, 0.6) is 5.75 Å². The first-order valence-corrected chi connectivity index (χ1v) is 11.5. The molecule has 3 aromatic rings. The van der Waals surface area contributed by atoms with E-state index in [9.17, 15) is 9.59 Å². The maximum atomic E-state index is 13.8. The van der Waals surface area contributed by atoms with Gasteiger partial charge in [0.05, 0.1) is 18.4 Å². The van der Waals surface area contributed by atoms with Crippen molar-refractivity contribution in [1.29, 1.82) is 0 Å². The minimum Gasteiger partial charge on any atom is -0.495 e. The van der Waals surface area contributed by atoms with Gasteiger partial charge in [-0.1, -0.05) is 72.8 Å². The molecule has 2 heterocycles. The average molecular weight is 454 g/mol. The highest BCUT2D eigenvalue weighted by atomic mass is 16.5. The first kappa shape index (κ1) is 21.9. The van der Waals surface area contributed by atoms with Gasteiger partial charge in [-0.05, 0) is 23.3 Å². The Morgan fingerprint density at radius 2 is 1.35 bits per heavy atom. The summed E-state index contributed by atoms with van der Waals surface area (Å²) < 4.78 is 5.46. The van der Waals surface area contributed by atoms with E-state index < -0.39 is 0 Å². The number of nitrogens with zero attached hydrogens (tertiary/aromatic N) is 3. The molecule has 5 rings (SSSR count). The highest BCUT2D eigenvalue weighted by Gasteiger charge is 2.43. The van der Waals surface area contributed by atoms with Gasteiger partial charge in [0.15, 0.2) is 0 Å². The van der Waals surface area contributed by atoms with E-state index in [0.717, 1.165) is 25.2 Å². The van der Waals surface area contributed by atoms with Crippen molar-refractivity contribution in [2.75, 3.05) is 38.2 Å². The Kier molecular flexibility index (Phi) is 6.14. The van der Waals surface area contributed by atoms with Gasteiger partial charge >= 0.3 is 0 Å². The van der Waals surface area contributed by atoms with Gasteiger partial charge in [0, 0.05) is 32.7 Å². The summed E-state index contributed by atoms with van der Waals surface area (Å²) in [6.45, 7) is 3.86. The number of imide groups is 1. The van der Waals surface area contributed by atoms with Crippen molar-refractivity contribution in [3.05, 3.63) is 102 Å². The molecule has 0 aliphatic carbocycles. The quantitative estimate of drug-likeness (QED) is 0.532. The SMILES string of the molecule is COc1ccccc1N1C(=O)C(c2ccccc2)=C(N2CCN(Cc3ccccc3)CC2)C1=O. The molecule has 2 amide bonds. The number of carbonyl (C=O) groups is 2. The molecule has 34 heavy (non-hydrogen) atoms. The number of anilines is 1. The summed E-state index contributed by atoms with van der Waals surface area (Å²) in [5.74, 6) is -0.127. The smallest absolute Gasteiger partial charge is 0.282 e. The molecule has 0 radical (unpaired) electrons. The van der Waals surface area contributed by atoms with Crippen LogP contribution in [0.15, 0.2) is 90.6 Å². The van der Waals surface area contributed by atoms with Gasteiger partial charge in [0.1, 0.15) is 11.4 Å². The number of piperazine rings is 1. The Balaban J connectivity index is 1.45. The molecule has 0 N–H and O–H groups in total. The van der Waals surface area contributed by atoms with Crippen LogP contribution in [0, 0.1) is 0 Å². The Hall–Kier alpha value is -3.90. The van der Waals surface area contributed by atoms with E-state index in [4.69, 9.17) is 4.74 Å². The van der Waals surface area contributed by atoms with Gasteiger partial charge in [-0.3, -0.25) is 14.5 Å². The zero-order valence-electron chi connectivity index (χ0n) is 19.2. The molecule has 0 aromatic heterocycles. The fourth-order valence-electron chi connectivity index (χ4n) is 4.68. The fourth-order valence-corrected chi connectivity index (χ4v) is 4.68. The summed E-state index contributed by atoms with van der Waals surface area (Å²) in [6.07, 6.45) is 0. The number of carbonyl (C=O) groups excluding carboxylic acids is 2. The standard InChI is InChI=1S/C28H27N3O3/c1-34-24-15-9-8-14-23(24)31-27(32)25(22-12-6-3-7-13-22)26(28(31)33)30-18-16-29(17-19-30)20-21-10-4-2-5-11-21/h2-15H,16-20H2,1H3. The molecule has 0 spiro atoms. The number of ether oxygens (including phenoxy) is 1. The fraction of sp³-hybridized carbons (Fsp3) is 0.214. The summed E-state index contributed by atoms with van der Waals surface area (Å²) in [7, 11) is 1.54. The Morgan fingerprint density at radius 1 is 0.735 bits per heavy atom. The van der Waals surface area contributed by atoms with Crippen LogP contribution in [-0.2, 0) is 16.1 Å². The summed E-state index contributed by atoms with van der Waals surface area (Å²) >= 11 is 0. The summed E-state index contributed by atoms with van der Waals surface area (Å²) in [6, 6.07) is 27.0. The summed E-state index contributed by atoms with van der Waals surface area (Å²) in [5.41, 5.74) is 3.41. The molecule has 172 valence electrons. The predicted molar refractivity (Wildman–Crippen MR) is 132 cm³/mol. The molecule has 0 atom stereocenters. The number of rotatable bonds is 6. The molecule has 2 aliphatic rings. The van der Waals surface area contributed by atoms with Crippen molar-refractivity contribution in [1.82, 2.24) is 9.80 Å². The van der Waals surface area contributed by atoms with Crippen LogP contribution >= 0.6 is 0 Å². The number of amides is 2. The third-order valence-electron chi connectivity index (χ3n) is 6.39. The monoisotopic (exact) mass is 453 g/mol. The molecule has 0 bridgehead atoms. The van der Waals surface area contributed by atoms with Crippen molar-refractivity contribution >= 4 is 23.1 Å². The first-order valence-electron chi connectivity index (χ1n) is 11.5. The zero-order valence-corrected chi connectivity index (χ0v) is 19.2.